The standard InChI is InChI=1S/C24H31N3O2/c1-18(2)22-9-5-6-10-23(22)27(19(3)28)17-24(29)25-20-11-13-21(14-12-20)26-15-7-4-8-16-26/h5-6,9-14,18H,4,7-8,15-17H2,1-3H3,(H,25,29). The van der Waals surface area contributed by atoms with Gasteiger partial charge < -0.3 is 15.1 Å². The van der Waals surface area contributed by atoms with Crippen molar-refractivity contribution in [2.45, 2.75) is 46.0 Å². The van der Waals surface area contributed by atoms with Gasteiger partial charge in [0.25, 0.3) is 0 Å². The van der Waals surface area contributed by atoms with Crippen LogP contribution in [0, 0.1) is 0 Å². The highest BCUT2D eigenvalue weighted by Gasteiger charge is 2.20. The van der Waals surface area contributed by atoms with Crippen LogP contribution in [0.1, 0.15) is 51.5 Å². The van der Waals surface area contributed by atoms with Gasteiger partial charge in [-0.1, -0.05) is 32.0 Å². The summed E-state index contributed by atoms with van der Waals surface area (Å²) in [7, 11) is 0. The molecule has 0 atom stereocenters. The Bertz CT molecular complexity index is 839. The second kappa shape index (κ2) is 9.59. The van der Waals surface area contributed by atoms with Crippen molar-refractivity contribution >= 4 is 28.9 Å². The molecule has 1 fully saturated rings. The van der Waals surface area contributed by atoms with E-state index in [1.54, 1.807) is 4.90 Å². The molecule has 2 aromatic rings. The van der Waals surface area contributed by atoms with Crippen LogP contribution in [0.2, 0.25) is 0 Å². The first-order valence-electron chi connectivity index (χ1n) is 10.5. The van der Waals surface area contributed by atoms with Crippen molar-refractivity contribution in [3.8, 4) is 0 Å². The number of carbonyl (C=O) groups is 2. The minimum atomic E-state index is -0.204. The molecule has 5 heteroatoms. The van der Waals surface area contributed by atoms with Gasteiger partial charge in [0.05, 0.1) is 0 Å². The van der Waals surface area contributed by atoms with E-state index in [9.17, 15) is 9.59 Å². The molecule has 0 aromatic heterocycles. The van der Waals surface area contributed by atoms with Gasteiger partial charge in [-0.2, -0.15) is 0 Å². The number of piperidine rings is 1. The van der Waals surface area contributed by atoms with Crippen LogP contribution in [0.15, 0.2) is 48.5 Å². The number of nitrogens with one attached hydrogen (secondary N) is 1. The van der Waals surface area contributed by atoms with Gasteiger partial charge in [0, 0.05) is 37.1 Å². The first kappa shape index (κ1) is 20.9. The van der Waals surface area contributed by atoms with Crippen LogP contribution in [0.3, 0.4) is 0 Å². The maximum Gasteiger partial charge on any atom is 0.244 e. The summed E-state index contributed by atoms with van der Waals surface area (Å²) >= 11 is 0. The van der Waals surface area contributed by atoms with Crippen molar-refractivity contribution < 1.29 is 9.59 Å². The molecule has 0 bridgehead atoms. The molecule has 29 heavy (non-hydrogen) atoms. The van der Waals surface area contributed by atoms with Crippen LogP contribution in [-0.2, 0) is 9.59 Å². The summed E-state index contributed by atoms with van der Waals surface area (Å²) in [5.41, 5.74) is 3.79. The summed E-state index contributed by atoms with van der Waals surface area (Å²) in [6, 6.07) is 15.7. The summed E-state index contributed by atoms with van der Waals surface area (Å²) in [5.74, 6) is -0.0865. The normalized spacial score (nSPS) is 14.0. The van der Waals surface area contributed by atoms with Gasteiger partial charge in [0.2, 0.25) is 11.8 Å². The lowest BCUT2D eigenvalue weighted by atomic mass is 10.0. The average molecular weight is 394 g/mol. The third-order valence-corrected chi connectivity index (χ3v) is 5.40. The van der Waals surface area contributed by atoms with E-state index in [0.29, 0.717) is 0 Å². The average Bonchev–Trinajstić information content (AvgIpc) is 2.73. The molecule has 1 aliphatic heterocycles. The van der Waals surface area contributed by atoms with E-state index >= 15 is 0 Å². The second-order valence-electron chi connectivity index (χ2n) is 7.96. The van der Waals surface area contributed by atoms with Crippen molar-refractivity contribution in [3.05, 3.63) is 54.1 Å². The zero-order chi connectivity index (χ0) is 20.8. The first-order chi connectivity index (χ1) is 14.0. The zero-order valence-electron chi connectivity index (χ0n) is 17.6. The third-order valence-electron chi connectivity index (χ3n) is 5.40. The lowest BCUT2D eigenvalue weighted by Crippen LogP contribution is -2.37. The number of rotatable bonds is 6. The fourth-order valence-electron chi connectivity index (χ4n) is 3.84. The number of amides is 2. The number of para-hydroxylation sites is 1. The van der Waals surface area contributed by atoms with Gasteiger partial charge in [-0.25, -0.2) is 0 Å². The number of hydrogen-bond acceptors (Lipinski definition) is 3. The molecular formula is C24H31N3O2. The molecule has 154 valence electrons. The van der Waals surface area contributed by atoms with Crippen molar-refractivity contribution in [2.75, 3.05) is 34.8 Å². The Labute approximate surface area is 173 Å². The van der Waals surface area contributed by atoms with Gasteiger partial charge in [0.15, 0.2) is 0 Å². The van der Waals surface area contributed by atoms with Crippen LogP contribution < -0.4 is 15.1 Å². The smallest absolute Gasteiger partial charge is 0.244 e. The Morgan fingerprint density at radius 3 is 2.28 bits per heavy atom. The monoisotopic (exact) mass is 393 g/mol. The van der Waals surface area contributed by atoms with E-state index in [1.807, 2.05) is 36.4 Å². The van der Waals surface area contributed by atoms with Gasteiger partial charge in [-0.3, -0.25) is 9.59 Å². The van der Waals surface area contributed by atoms with Crippen LogP contribution in [0.4, 0.5) is 17.1 Å². The minimum Gasteiger partial charge on any atom is -0.372 e. The molecule has 0 aliphatic carbocycles. The van der Waals surface area contributed by atoms with Crippen molar-refractivity contribution in [1.82, 2.24) is 0 Å². The quantitative estimate of drug-likeness (QED) is 0.767. The van der Waals surface area contributed by atoms with E-state index in [-0.39, 0.29) is 24.3 Å². The fourth-order valence-corrected chi connectivity index (χ4v) is 3.84. The molecular weight excluding hydrogens is 362 g/mol. The first-order valence-corrected chi connectivity index (χ1v) is 10.5. The minimum absolute atomic E-state index is 0.00700. The SMILES string of the molecule is CC(=O)N(CC(=O)Nc1ccc(N2CCCCC2)cc1)c1ccccc1C(C)C. The number of benzene rings is 2. The molecule has 0 unspecified atom stereocenters. The van der Waals surface area contributed by atoms with E-state index in [2.05, 4.69) is 36.2 Å². The number of hydrogen-bond donors (Lipinski definition) is 1. The summed E-state index contributed by atoms with van der Waals surface area (Å²) in [5, 5.41) is 2.92. The van der Waals surface area contributed by atoms with Gasteiger partial charge in [-0.15, -0.1) is 0 Å². The Morgan fingerprint density at radius 2 is 1.66 bits per heavy atom. The van der Waals surface area contributed by atoms with Gasteiger partial charge in [-0.05, 0) is 61.1 Å². The Balaban J connectivity index is 1.67. The Kier molecular flexibility index (Phi) is 6.91. The molecule has 0 spiro atoms. The van der Waals surface area contributed by atoms with Crippen LogP contribution in [-0.4, -0.2) is 31.4 Å². The van der Waals surface area contributed by atoms with Crippen molar-refractivity contribution in [1.29, 1.82) is 0 Å². The summed E-state index contributed by atoms with van der Waals surface area (Å²) < 4.78 is 0. The number of carbonyl (C=O) groups excluding carboxylic acids is 2. The molecule has 0 saturated carbocycles. The van der Waals surface area contributed by atoms with E-state index in [0.717, 1.165) is 30.0 Å². The molecule has 1 aliphatic rings. The lowest BCUT2D eigenvalue weighted by molar-refractivity contribution is -0.120. The zero-order valence-corrected chi connectivity index (χ0v) is 17.6. The summed E-state index contributed by atoms with van der Waals surface area (Å²) in [6.45, 7) is 7.84. The summed E-state index contributed by atoms with van der Waals surface area (Å²) in [4.78, 5) is 28.9. The van der Waals surface area contributed by atoms with Gasteiger partial charge in [0.1, 0.15) is 6.54 Å². The Hall–Kier alpha value is -2.82. The maximum atomic E-state index is 12.7. The highest BCUT2D eigenvalue weighted by atomic mass is 16.2. The highest BCUT2D eigenvalue weighted by molar-refractivity contribution is 6.02. The summed E-state index contributed by atoms with van der Waals surface area (Å²) in [6.07, 6.45) is 3.77. The lowest BCUT2D eigenvalue weighted by Gasteiger charge is -2.29. The van der Waals surface area contributed by atoms with E-state index in [4.69, 9.17) is 0 Å². The van der Waals surface area contributed by atoms with Crippen LogP contribution >= 0.6 is 0 Å². The molecule has 1 saturated heterocycles. The highest BCUT2D eigenvalue weighted by Crippen LogP contribution is 2.27. The van der Waals surface area contributed by atoms with Crippen molar-refractivity contribution in [2.24, 2.45) is 0 Å². The molecule has 2 aromatic carbocycles. The molecule has 1 heterocycles. The Morgan fingerprint density at radius 1 is 1.00 bits per heavy atom. The number of anilines is 3. The van der Waals surface area contributed by atoms with Gasteiger partial charge >= 0.3 is 0 Å². The second-order valence-corrected chi connectivity index (χ2v) is 7.96. The van der Waals surface area contributed by atoms with Crippen LogP contribution in [0.5, 0.6) is 0 Å². The van der Waals surface area contributed by atoms with E-state index < -0.39 is 0 Å². The fraction of sp³-hybridized carbons (Fsp3) is 0.417. The predicted molar refractivity (Wildman–Crippen MR) is 120 cm³/mol. The van der Waals surface area contributed by atoms with Crippen molar-refractivity contribution in [3.63, 3.8) is 0 Å². The number of nitrogens with zero attached hydrogens (tertiary/aromatic N) is 2. The molecule has 5 nitrogen and oxygen atoms in total. The molecule has 1 N–H and O–H groups in total. The largest absolute Gasteiger partial charge is 0.372 e. The topological polar surface area (TPSA) is 52.7 Å². The predicted octanol–water partition coefficient (Wildman–Crippen LogP) is 4.79. The van der Waals surface area contributed by atoms with Crippen LogP contribution in [0.25, 0.3) is 0 Å². The molecule has 2 amide bonds. The molecule has 0 radical (unpaired) electrons. The third kappa shape index (κ3) is 5.37. The molecule has 3 rings (SSSR count). The maximum absolute atomic E-state index is 12.7. The van der Waals surface area contributed by atoms with E-state index in [1.165, 1.54) is 31.9 Å².